The summed E-state index contributed by atoms with van der Waals surface area (Å²) in [5.74, 6) is -0.891. The van der Waals surface area contributed by atoms with E-state index in [-0.39, 0.29) is 24.6 Å². The van der Waals surface area contributed by atoms with Gasteiger partial charge in [0.25, 0.3) is 0 Å². The van der Waals surface area contributed by atoms with Crippen LogP contribution in [0.1, 0.15) is 38.7 Å². The Balaban J connectivity index is 1.91. The van der Waals surface area contributed by atoms with Crippen LogP contribution >= 0.6 is 0 Å². The Bertz CT molecular complexity index is 455. The normalized spacial score (nSPS) is 24.5. The topological polar surface area (TPSA) is 44.8 Å². The minimum absolute atomic E-state index is 0.101. The molecule has 0 radical (unpaired) electrons. The summed E-state index contributed by atoms with van der Waals surface area (Å²) < 4.78 is 16.5. The second kappa shape index (κ2) is 7.05. The first kappa shape index (κ1) is 16.0. The van der Waals surface area contributed by atoms with Crippen molar-refractivity contribution in [1.82, 2.24) is 0 Å². The number of hydrogen-bond acceptors (Lipinski definition) is 4. The maximum Gasteiger partial charge on any atom is 0.308 e. The zero-order valence-corrected chi connectivity index (χ0v) is 13.0. The summed E-state index contributed by atoms with van der Waals surface area (Å²) in [6.45, 7) is 3.79. The van der Waals surface area contributed by atoms with Gasteiger partial charge >= 0.3 is 5.97 Å². The first-order valence-corrected chi connectivity index (χ1v) is 7.45. The van der Waals surface area contributed by atoms with Gasteiger partial charge in [-0.15, -0.1) is 0 Å². The van der Waals surface area contributed by atoms with E-state index < -0.39 is 5.79 Å². The monoisotopic (exact) mass is 292 g/mol. The maximum absolute atomic E-state index is 11.4. The van der Waals surface area contributed by atoms with Crippen LogP contribution in [0, 0.1) is 0 Å². The summed E-state index contributed by atoms with van der Waals surface area (Å²) in [6, 6.07) is 10.4. The molecule has 21 heavy (non-hydrogen) atoms. The van der Waals surface area contributed by atoms with Gasteiger partial charge < -0.3 is 14.2 Å². The molecule has 0 N–H and O–H groups in total. The van der Waals surface area contributed by atoms with Crippen molar-refractivity contribution < 1.29 is 19.0 Å². The lowest BCUT2D eigenvalue weighted by Crippen LogP contribution is -2.45. The van der Waals surface area contributed by atoms with Crippen molar-refractivity contribution in [2.24, 2.45) is 0 Å². The van der Waals surface area contributed by atoms with E-state index in [0.29, 0.717) is 0 Å². The van der Waals surface area contributed by atoms with Crippen LogP contribution in [-0.2, 0) is 25.4 Å². The van der Waals surface area contributed by atoms with Crippen LogP contribution < -0.4 is 0 Å². The van der Waals surface area contributed by atoms with Gasteiger partial charge in [-0.05, 0) is 32.3 Å². The van der Waals surface area contributed by atoms with Gasteiger partial charge in [0.1, 0.15) is 0 Å². The van der Waals surface area contributed by atoms with Crippen LogP contribution in [0.2, 0.25) is 0 Å². The van der Waals surface area contributed by atoms with Gasteiger partial charge in [-0.2, -0.15) is 0 Å². The van der Waals surface area contributed by atoms with Crippen molar-refractivity contribution in [2.75, 3.05) is 7.11 Å². The van der Waals surface area contributed by atoms with Gasteiger partial charge in [0.05, 0.1) is 25.7 Å². The second-order valence-corrected chi connectivity index (χ2v) is 5.92. The highest BCUT2D eigenvalue weighted by molar-refractivity contribution is 5.69. The van der Waals surface area contributed by atoms with Crippen molar-refractivity contribution in [3.63, 3.8) is 0 Å². The van der Waals surface area contributed by atoms with E-state index in [0.717, 1.165) is 19.3 Å². The molecule has 1 aliphatic heterocycles. The number of benzene rings is 1. The molecule has 0 aromatic heterocycles. The fraction of sp³-hybridized carbons (Fsp3) is 0.588. The lowest BCUT2D eigenvalue weighted by molar-refractivity contribution is -0.300. The molecule has 0 spiro atoms. The summed E-state index contributed by atoms with van der Waals surface area (Å²) in [5, 5.41) is 0. The average molecular weight is 292 g/mol. The van der Waals surface area contributed by atoms with E-state index in [1.165, 1.54) is 12.7 Å². The molecule has 0 unspecified atom stereocenters. The second-order valence-electron chi connectivity index (χ2n) is 5.92. The van der Waals surface area contributed by atoms with Crippen molar-refractivity contribution in [1.29, 1.82) is 0 Å². The lowest BCUT2D eigenvalue weighted by Gasteiger charge is -2.40. The van der Waals surface area contributed by atoms with Crippen molar-refractivity contribution in [3.8, 4) is 0 Å². The molecule has 2 atom stereocenters. The van der Waals surface area contributed by atoms with Gasteiger partial charge in [0.2, 0.25) is 0 Å². The van der Waals surface area contributed by atoms with Gasteiger partial charge in [-0.25, -0.2) is 0 Å². The van der Waals surface area contributed by atoms with Crippen LogP contribution in [0.3, 0.4) is 0 Å². The van der Waals surface area contributed by atoms with Gasteiger partial charge in [-0.1, -0.05) is 30.3 Å². The van der Waals surface area contributed by atoms with Crippen LogP contribution in [0.25, 0.3) is 0 Å². The standard InChI is InChI=1S/C17H24O4/c1-17(2)20-14(10-9-13-7-5-4-6-8-13)11-15(21-17)12-16(18)19-3/h4-8,14-15H,9-12H2,1-3H3/t14-,15-/m1/s1. The molecule has 1 heterocycles. The van der Waals surface area contributed by atoms with E-state index in [1.54, 1.807) is 0 Å². The van der Waals surface area contributed by atoms with E-state index >= 15 is 0 Å². The molecule has 1 fully saturated rings. The van der Waals surface area contributed by atoms with E-state index in [4.69, 9.17) is 14.2 Å². The minimum atomic E-state index is -0.654. The molecule has 1 aliphatic rings. The summed E-state index contributed by atoms with van der Waals surface area (Å²) in [6.07, 6.45) is 2.86. The zero-order valence-electron chi connectivity index (χ0n) is 13.0. The number of esters is 1. The predicted molar refractivity (Wildman–Crippen MR) is 79.8 cm³/mol. The smallest absolute Gasteiger partial charge is 0.308 e. The fourth-order valence-electron chi connectivity index (χ4n) is 2.76. The number of ether oxygens (including phenoxy) is 3. The van der Waals surface area contributed by atoms with E-state index in [9.17, 15) is 4.79 Å². The molecule has 4 heteroatoms. The fourth-order valence-corrected chi connectivity index (χ4v) is 2.76. The summed E-state index contributed by atoms with van der Waals surface area (Å²) >= 11 is 0. The van der Waals surface area contributed by atoms with Gasteiger partial charge in [0, 0.05) is 6.42 Å². The molecule has 2 rings (SSSR count). The highest BCUT2D eigenvalue weighted by Gasteiger charge is 2.36. The summed E-state index contributed by atoms with van der Waals surface area (Å²) in [5.41, 5.74) is 1.30. The van der Waals surface area contributed by atoms with Crippen LogP contribution in [0.15, 0.2) is 30.3 Å². The molecule has 116 valence electrons. The third-order valence-electron chi connectivity index (χ3n) is 3.65. The Morgan fingerprint density at radius 2 is 1.90 bits per heavy atom. The van der Waals surface area contributed by atoms with Crippen molar-refractivity contribution in [3.05, 3.63) is 35.9 Å². The van der Waals surface area contributed by atoms with Crippen LogP contribution in [-0.4, -0.2) is 31.1 Å². The Kier molecular flexibility index (Phi) is 5.37. The average Bonchev–Trinajstić information content (AvgIpc) is 2.44. The number of rotatable bonds is 5. The Morgan fingerprint density at radius 3 is 2.57 bits per heavy atom. The molecule has 1 aromatic rings. The first-order valence-electron chi connectivity index (χ1n) is 7.45. The maximum atomic E-state index is 11.4. The summed E-state index contributed by atoms with van der Waals surface area (Å²) in [7, 11) is 1.40. The molecular formula is C17H24O4. The lowest BCUT2D eigenvalue weighted by atomic mass is 9.99. The molecule has 0 amide bonds. The molecule has 0 aliphatic carbocycles. The quantitative estimate of drug-likeness (QED) is 0.782. The number of hydrogen-bond donors (Lipinski definition) is 0. The zero-order chi connectivity index (χ0) is 15.3. The predicted octanol–water partition coefficient (Wildman–Crippen LogP) is 3.09. The molecule has 4 nitrogen and oxygen atoms in total. The highest BCUT2D eigenvalue weighted by Crippen LogP contribution is 2.30. The van der Waals surface area contributed by atoms with Gasteiger partial charge in [0.15, 0.2) is 5.79 Å². The number of carbonyl (C=O) groups excluding carboxylic acids is 1. The first-order chi connectivity index (χ1) is 9.98. The third-order valence-corrected chi connectivity index (χ3v) is 3.65. The number of aryl methyl sites for hydroxylation is 1. The number of methoxy groups -OCH3 is 1. The molecule has 1 saturated heterocycles. The summed E-state index contributed by atoms with van der Waals surface area (Å²) in [4.78, 5) is 11.4. The third kappa shape index (κ3) is 5.14. The van der Waals surface area contributed by atoms with Gasteiger partial charge in [-0.3, -0.25) is 4.79 Å². The van der Waals surface area contributed by atoms with Crippen LogP contribution in [0.4, 0.5) is 0 Å². The van der Waals surface area contributed by atoms with E-state index in [2.05, 4.69) is 12.1 Å². The molecule has 0 saturated carbocycles. The van der Waals surface area contributed by atoms with Crippen molar-refractivity contribution >= 4 is 5.97 Å². The number of carbonyl (C=O) groups is 1. The Hall–Kier alpha value is -1.39. The largest absolute Gasteiger partial charge is 0.469 e. The van der Waals surface area contributed by atoms with Crippen molar-refractivity contribution in [2.45, 2.75) is 57.5 Å². The SMILES string of the molecule is COC(=O)C[C@H]1C[C@@H](CCc2ccccc2)OC(C)(C)O1. The molecular weight excluding hydrogens is 268 g/mol. The Labute approximate surface area is 126 Å². The molecule has 1 aromatic carbocycles. The minimum Gasteiger partial charge on any atom is -0.469 e. The molecule has 0 bridgehead atoms. The van der Waals surface area contributed by atoms with E-state index in [1.807, 2.05) is 32.0 Å². The van der Waals surface area contributed by atoms with Crippen LogP contribution in [0.5, 0.6) is 0 Å². The highest BCUT2D eigenvalue weighted by atomic mass is 16.7. The Morgan fingerprint density at radius 1 is 1.24 bits per heavy atom.